The van der Waals surface area contributed by atoms with Crippen LogP contribution in [0.3, 0.4) is 0 Å². The molecule has 6 nitrogen and oxygen atoms in total. The van der Waals surface area contributed by atoms with Crippen LogP contribution in [0.15, 0.2) is 59.5 Å². The van der Waals surface area contributed by atoms with Gasteiger partial charge in [-0.2, -0.15) is 0 Å². The van der Waals surface area contributed by atoms with Crippen molar-refractivity contribution in [3.05, 3.63) is 54.6 Å². The molecule has 1 aliphatic rings. The van der Waals surface area contributed by atoms with Crippen LogP contribution in [-0.2, 0) is 14.6 Å². The Hall–Kier alpha value is -2.82. The van der Waals surface area contributed by atoms with Crippen LogP contribution < -0.4 is 10.2 Å². The number of hydrogen-bond donors (Lipinski definition) is 1. The lowest BCUT2D eigenvalue weighted by Crippen LogP contribution is -2.46. The Kier molecular flexibility index (Phi) is 6.34. The molecule has 2 aromatic carbocycles. The van der Waals surface area contributed by atoms with Gasteiger partial charge in [0.05, 0.1) is 22.8 Å². The third kappa shape index (κ3) is 4.91. The van der Waals surface area contributed by atoms with Gasteiger partial charge in [-0.15, -0.1) is 6.42 Å². The molecule has 0 aliphatic carbocycles. The van der Waals surface area contributed by atoms with E-state index in [1.54, 1.807) is 24.3 Å². The predicted octanol–water partition coefficient (Wildman–Crippen LogP) is 1.85. The minimum absolute atomic E-state index is 0.142. The van der Waals surface area contributed by atoms with Crippen LogP contribution in [0.25, 0.3) is 0 Å². The molecule has 3 rings (SSSR count). The summed E-state index contributed by atoms with van der Waals surface area (Å²) in [6.45, 7) is 3.89. The zero-order valence-electron chi connectivity index (χ0n) is 15.5. The molecule has 0 bridgehead atoms. The Morgan fingerprint density at radius 2 is 1.64 bits per heavy atom. The summed E-state index contributed by atoms with van der Waals surface area (Å²) >= 11 is 0. The second-order valence-corrected chi connectivity index (χ2v) is 8.59. The number of carbonyl (C=O) groups is 1. The molecule has 146 valence electrons. The van der Waals surface area contributed by atoms with E-state index in [4.69, 9.17) is 6.42 Å². The van der Waals surface area contributed by atoms with Crippen molar-refractivity contribution < 1.29 is 13.2 Å². The normalized spacial score (nSPS) is 15.0. The highest BCUT2D eigenvalue weighted by molar-refractivity contribution is 7.92. The molecular weight excluding hydrogens is 374 g/mol. The van der Waals surface area contributed by atoms with E-state index >= 15 is 0 Å². The molecule has 0 aromatic heterocycles. The number of hydrogen-bond acceptors (Lipinski definition) is 5. The number of piperazine rings is 1. The van der Waals surface area contributed by atoms with Gasteiger partial charge in [0.15, 0.2) is 9.84 Å². The van der Waals surface area contributed by atoms with Crippen LogP contribution >= 0.6 is 0 Å². The number of carbonyl (C=O) groups excluding carboxylic acids is 1. The van der Waals surface area contributed by atoms with Crippen LogP contribution in [0.2, 0.25) is 0 Å². The lowest BCUT2D eigenvalue weighted by atomic mass is 10.2. The van der Waals surface area contributed by atoms with Crippen molar-refractivity contribution in [1.29, 1.82) is 0 Å². The van der Waals surface area contributed by atoms with Crippen molar-refractivity contribution in [2.24, 2.45) is 0 Å². The fraction of sp³-hybridized carbons (Fsp3) is 0.286. The molecule has 0 spiro atoms. The van der Waals surface area contributed by atoms with E-state index in [1.165, 1.54) is 12.1 Å². The van der Waals surface area contributed by atoms with Crippen molar-refractivity contribution in [2.75, 3.05) is 48.7 Å². The standard InChI is InChI=1S/C21H23N3O3S/c1-2-12-23-13-15-24(16-14-23)20-11-7-6-10-19(20)22-21(25)17-28(26,27)18-8-4-3-5-9-18/h1,3-11H,12-17H2,(H,22,25). The van der Waals surface area contributed by atoms with E-state index in [9.17, 15) is 13.2 Å². The monoisotopic (exact) mass is 397 g/mol. The van der Waals surface area contributed by atoms with Gasteiger partial charge >= 0.3 is 0 Å². The first-order valence-corrected chi connectivity index (χ1v) is 10.7. The molecule has 1 fully saturated rings. The molecule has 1 amide bonds. The summed E-state index contributed by atoms with van der Waals surface area (Å²) in [6.07, 6.45) is 5.37. The molecule has 0 unspecified atom stereocenters. The summed E-state index contributed by atoms with van der Waals surface area (Å²) in [7, 11) is -3.68. The molecule has 1 aliphatic heterocycles. The maximum atomic E-state index is 12.4. The number of nitrogens with one attached hydrogen (secondary N) is 1. The Morgan fingerprint density at radius 3 is 2.32 bits per heavy atom. The van der Waals surface area contributed by atoms with Crippen LogP contribution in [-0.4, -0.2) is 57.7 Å². The molecule has 2 aromatic rings. The van der Waals surface area contributed by atoms with E-state index in [-0.39, 0.29) is 4.90 Å². The average Bonchev–Trinajstić information content (AvgIpc) is 2.70. The molecule has 1 N–H and O–H groups in total. The van der Waals surface area contributed by atoms with E-state index in [2.05, 4.69) is 21.0 Å². The van der Waals surface area contributed by atoms with E-state index < -0.39 is 21.5 Å². The van der Waals surface area contributed by atoms with E-state index in [0.29, 0.717) is 12.2 Å². The minimum atomic E-state index is -3.68. The second-order valence-electron chi connectivity index (χ2n) is 6.60. The second kappa shape index (κ2) is 8.91. The Morgan fingerprint density at radius 1 is 1.00 bits per heavy atom. The van der Waals surface area contributed by atoms with Gasteiger partial charge in [0.1, 0.15) is 5.75 Å². The highest BCUT2D eigenvalue weighted by Gasteiger charge is 2.22. The maximum Gasteiger partial charge on any atom is 0.240 e. The van der Waals surface area contributed by atoms with Gasteiger partial charge in [-0.3, -0.25) is 9.69 Å². The molecular formula is C21H23N3O3S. The predicted molar refractivity (Wildman–Crippen MR) is 111 cm³/mol. The van der Waals surface area contributed by atoms with E-state index in [0.717, 1.165) is 31.9 Å². The largest absolute Gasteiger partial charge is 0.367 e. The van der Waals surface area contributed by atoms with Gasteiger partial charge in [-0.05, 0) is 24.3 Å². The lowest BCUT2D eigenvalue weighted by Gasteiger charge is -2.36. The Labute approximate surface area is 166 Å². The number of benzene rings is 2. The third-order valence-electron chi connectivity index (χ3n) is 4.63. The van der Waals surface area contributed by atoms with Crippen molar-refractivity contribution in [3.8, 4) is 12.3 Å². The maximum absolute atomic E-state index is 12.4. The molecule has 0 radical (unpaired) electrons. The first-order valence-electron chi connectivity index (χ1n) is 9.07. The van der Waals surface area contributed by atoms with Gasteiger partial charge in [0.25, 0.3) is 0 Å². The molecule has 0 atom stereocenters. The molecule has 1 saturated heterocycles. The van der Waals surface area contributed by atoms with Crippen LogP contribution in [0.5, 0.6) is 0 Å². The minimum Gasteiger partial charge on any atom is -0.367 e. The Bertz CT molecular complexity index is 960. The number of nitrogens with zero attached hydrogens (tertiary/aromatic N) is 2. The van der Waals surface area contributed by atoms with E-state index in [1.807, 2.05) is 18.2 Å². The number of rotatable bonds is 6. The zero-order chi connectivity index (χ0) is 20.0. The summed E-state index contributed by atoms with van der Waals surface area (Å²) in [5, 5.41) is 2.76. The van der Waals surface area contributed by atoms with Crippen molar-refractivity contribution >= 4 is 27.1 Å². The first kappa shape index (κ1) is 19.9. The Balaban J connectivity index is 1.68. The van der Waals surface area contributed by atoms with Gasteiger partial charge < -0.3 is 10.2 Å². The first-order chi connectivity index (χ1) is 13.5. The molecule has 7 heteroatoms. The van der Waals surface area contributed by atoms with Gasteiger partial charge in [0, 0.05) is 26.2 Å². The average molecular weight is 398 g/mol. The highest BCUT2D eigenvalue weighted by Crippen LogP contribution is 2.26. The smallest absolute Gasteiger partial charge is 0.240 e. The summed E-state index contributed by atoms with van der Waals surface area (Å²) in [4.78, 5) is 16.9. The number of anilines is 2. The van der Waals surface area contributed by atoms with Crippen LogP contribution in [0.1, 0.15) is 0 Å². The fourth-order valence-electron chi connectivity index (χ4n) is 3.20. The zero-order valence-corrected chi connectivity index (χ0v) is 16.4. The third-order valence-corrected chi connectivity index (χ3v) is 6.26. The summed E-state index contributed by atoms with van der Waals surface area (Å²) < 4.78 is 24.8. The topological polar surface area (TPSA) is 69.7 Å². The van der Waals surface area contributed by atoms with Crippen LogP contribution in [0.4, 0.5) is 11.4 Å². The van der Waals surface area contributed by atoms with Crippen molar-refractivity contribution in [3.63, 3.8) is 0 Å². The number of sulfone groups is 1. The molecule has 0 saturated carbocycles. The molecule has 1 heterocycles. The SMILES string of the molecule is C#CCN1CCN(c2ccccc2NC(=O)CS(=O)(=O)c2ccccc2)CC1. The highest BCUT2D eigenvalue weighted by atomic mass is 32.2. The number of amides is 1. The van der Waals surface area contributed by atoms with Crippen LogP contribution in [0, 0.1) is 12.3 Å². The lowest BCUT2D eigenvalue weighted by molar-refractivity contribution is -0.113. The van der Waals surface area contributed by atoms with Gasteiger partial charge in [0.2, 0.25) is 5.91 Å². The summed E-state index contributed by atoms with van der Waals surface area (Å²) in [6, 6.07) is 15.4. The summed E-state index contributed by atoms with van der Waals surface area (Å²) in [5.41, 5.74) is 1.49. The summed E-state index contributed by atoms with van der Waals surface area (Å²) in [5.74, 6) is 1.51. The quantitative estimate of drug-likeness (QED) is 0.754. The van der Waals surface area contributed by atoms with Gasteiger partial charge in [-0.1, -0.05) is 36.3 Å². The number of terminal acetylenes is 1. The fourth-order valence-corrected chi connectivity index (χ4v) is 4.36. The number of para-hydroxylation sites is 2. The van der Waals surface area contributed by atoms with Crippen molar-refractivity contribution in [1.82, 2.24) is 4.90 Å². The molecule has 28 heavy (non-hydrogen) atoms. The van der Waals surface area contributed by atoms with Crippen molar-refractivity contribution in [2.45, 2.75) is 4.90 Å². The van der Waals surface area contributed by atoms with Gasteiger partial charge in [-0.25, -0.2) is 8.42 Å².